The van der Waals surface area contributed by atoms with Gasteiger partial charge in [-0.25, -0.2) is 0 Å². The van der Waals surface area contributed by atoms with Gasteiger partial charge in [-0.3, -0.25) is 0 Å². The zero-order chi connectivity index (χ0) is 14.7. The Morgan fingerprint density at radius 2 is 2.15 bits per heavy atom. The summed E-state index contributed by atoms with van der Waals surface area (Å²) in [5.74, 6) is 2.20. The van der Waals surface area contributed by atoms with Gasteiger partial charge in [-0.15, -0.1) is 11.3 Å². The van der Waals surface area contributed by atoms with Gasteiger partial charge in [0, 0.05) is 13.1 Å². The van der Waals surface area contributed by atoms with E-state index >= 15 is 0 Å². The summed E-state index contributed by atoms with van der Waals surface area (Å²) in [6.45, 7) is 6.64. The van der Waals surface area contributed by atoms with Gasteiger partial charge in [0.25, 0.3) is 0 Å². The number of hydrogen-bond donors (Lipinski definition) is 1. The van der Waals surface area contributed by atoms with Crippen molar-refractivity contribution in [3.8, 4) is 11.8 Å². The van der Waals surface area contributed by atoms with Crippen LogP contribution < -0.4 is 15.4 Å². The van der Waals surface area contributed by atoms with Gasteiger partial charge in [0.2, 0.25) is 0 Å². The fraction of sp³-hybridized carbons (Fsp3) is 0.667. The second-order valence-electron chi connectivity index (χ2n) is 5.72. The van der Waals surface area contributed by atoms with Crippen LogP contribution in [0.5, 0.6) is 5.75 Å². The SMILES string of the molecule is COc1c(N2CCCC(C(C)C)CC2)sc(C#N)c1N. The fourth-order valence-corrected chi connectivity index (χ4v) is 3.94. The molecule has 2 N–H and O–H groups in total. The molecule has 0 aliphatic carbocycles. The summed E-state index contributed by atoms with van der Waals surface area (Å²) in [7, 11) is 1.62. The summed E-state index contributed by atoms with van der Waals surface area (Å²) in [4.78, 5) is 2.89. The molecule has 0 aromatic carbocycles. The van der Waals surface area contributed by atoms with Crippen molar-refractivity contribution in [3.63, 3.8) is 0 Å². The molecule has 20 heavy (non-hydrogen) atoms. The maximum absolute atomic E-state index is 9.13. The minimum absolute atomic E-state index is 0.486. The van der Waals surface area contributed by atoms with Crippen molar-refractivity contribution in [1.29, 1.82) is 5.26 Å². The number of nitrogens with zero attached hydrogens (tertiary/aromatic N) is 2. The van der Waals surface area contributed by atoms with Crippen molar-refractivity contribution in [3.05, 3.63) is 4.88 Å². The van der Waals surface area contributed by atoms with E-state index in [1.807, 2.05) is 0 Å². The van der Waals surface area contributed by atoms with Crippen LogP contribution in [0.3, 0.4) is 0 Å². The summed E-state index contributed by atoms with van der Waals surface area (Å²) < 4.78 is 5.42. The van der Waals surface area contributed by atoms with Gasteiger partial charge in [0.1, 0.15) is 21.6 Å². The van der Waals surface area contributed by atoms with E-state index < -0.39 is 0 Å². The topological polar surface area (TPSA) is 62.3 Å². The molecular formula is C15H23N3OS. The molecule has 0 spiro atoms. The maximum atomic E-state index is 9.13. The lowest BCUT2D eigenvalue weighted by atomic mass is 9.89. The predicted octanol–water partition coefficient (Wildman–Crippen LogP) is 3.47. The third-order valence-corrected chi connectivity index (χ3v) is 5.34. The Morgan fingerprint density at radius 1 is 1.40 bits per heavy atom. The standard InChI is InChI=1S/C15H23N3OS/c1-10(2)11-5-4-7-18(8-6-11)15-14(19-3)13(17)12(9-16)20-15/h10-11H,4-8,17H2,1-3H3. The molecule has 0 saturated carbocycles. The molecule has 1 atom stereocenters. The lowest BCUT2D eigenvalue weighted by Crippen LogP contribution is -2.24. The number of thiophene rings is 1. The minimum atomic E-state index is 0.486. The van der Waals surface area contributed by atoms with Crippen molar-refractivity contribution in [2.24, 2.45) is 11.8 Å². The Morgan fingerprint density at radius 3 is 2.75 bits per heavy atom. The van der Waals surface area contributed by atoms with E-state index in [1.54, 1.807) is 7.11 Å². The molecule has 1 aliphatic rings. The van der Waals surface area contributed by atoms with Gasteiger partial charge >= 0.3 is 0 Å². The molecule has 1 saturated heterocycles. The third kappa shape index (κ3) is 2.85. The Hall–Kier alpha value is -1.41. The molecule has 5 heteroatoms. The van der Waals surface area contributed by atoms with Crippen molar-refractivity contribution in [1.82, 2.24) is 0 Å². The van der Waals surface area contributed by atoms with Crippen LogP contribution >= 0.6 is 11.3 Å². The number of anilines is 2. The van der Waals surface area contributed by atoms with Crippen LogP contribution in [0, 0.1) is 23.2 Å². The molecule has 110 valence electrons. The van der Waals surface area contributed by atoms with E-state index in [2.05, 4.69) is 24.8 Å². The van der Waals surface area contributed by atoms with Crippen LogP contribution in [0.1, 0.15) is 38.0 Å². The number of rotatable bonds is 3. The summed E-state index contributed by atoms with van der Waals surface area (Å²) in [5, 5.41) is 10.1. The Labute approximate surface area is 125 Å². The highest BCUT2D eigenvalue weighted by molar-refractivity contribution is 7.17. The number of nitrogen functional groups attached to an aromatic ring is 1. The first-order valence-electron chi connectivity index (χ1n) is 7.19. The number of hydrogen-bond acceptors (Lipinski definition) is 5. The quantitative estimate of drug-likeness (QED) is 0.927. The molecule has 2 heterocycles. The largest absolute Gasteiger partial charge is 0.492 e. The summed E-state index contributed by atoms with van der Waals surface area (Å²) in [6.07, 6.45) is 3.66. The van der Waals surface area contributed by atoms with Gasteiger partial charge in [0.15, 0.2) is 5.75 Å². The molecule has 2 rings (SSSR count). The molecule has 0 bridgehead atoms. The highest BCUT2D eigenvalue weighted by atomic mass is 32.1. The summed E-state index contributed by atoms with van der Waals surface area (Å²) in [6, 6.07) is 2.16. The van der Waals surface area contributed by atoms with Crippen molar-refractivity contribution in [2.75, 3.05) is 30.8 Å². The Bertz CT molecular complexity index is 504. The number of ether oxygens (including phenoxy) is 1. The molecule has 1 unspecified atom stereocenters. The number of nitrogens with two attached hydrogens (primary N) is 1. The molecule has 0 radical (unpaired) electrons. The van der Waals surface area contributed by atoms with E-state index in [-0.39, 0.29) is 0 Å². The maximum Gasteiger partial charge on any atom is 0.177 e. The van der Waals surface area contributed by atoms with E-state index in [0.717, 1.165) is 29.9 Å². The lowest BCUT2D eigenvalue weighted by molar-refractivity contribution is 0.351. The smallest absolute Gasteiger partial charge is 0.177 e. The van der Waals surface area contributed by atoms with Gasteiger partial charge in [0.05, 0.1) is 7.11 Å². The first-order chi connectivity index (χ1) is 9.58. The fourth-order valence-electron chi connectivity index (χ4n) is 2.90. The average Bonchev–Trinajstić information content (AvgIpc) is 2.62. The number of nitriles is 1. The summed E-state index contributed by atoms with van der Waals surface area (Å²) in [5.41, 5.74) is 6.47. The molecule has 1 aromatic heterocycles. The van der Waals surface area contributed by atoms with E-state index in [9.17, 15) is 0 Å². The first-order valence-corrected chi connectivity index (χ1v) is 8.01. The average molecular weight is 293 g/mol. The minimum Gasteiger partial charge on any atom is -0.492 e. The first kappa shape index (κ1) is 15.0. The van der Waals surface area contributed by atoms with Crippen molar-refractivity contribution >= 4 is 22.0 Å². The molecule has 1 aliphatic heterocycles. The van der Waals surface area contributed by atoms with Crippen LogP contribution in [-0.2, 0) is 0 Å². The van der Waals surface area contributed by atoms with Gasteiger partial charge in [-0.1, -0.05) is 13.8 Å². The molecule has 4 nitrogen and oxygen atoms in total. The highest BCUT2D eigenvalue weighted by Gasteiger charge is 2.25. The van der Waals surface area contributed by atoms with Gasteiger partial charge in [-0.05, 0) is 31.1 Å². The van der Waals surface area contributed by atoms with Crippen LogP contribution in [-0.4, -0.2) is 20.2 Å². The van der Waals surface area contributed by atoms with E-state index in [0.29, 0.717) is 16.3 Å². The second-order valence-corrected chi connectivity index (χ2v) is 6.72. The van der Waals surface area contributed by atoms with E-state index in [1.165, 1.54) is 30.6 Å². The zero-order valence-electron chi connectivity index (χ0n) is 12.5. The van der Waals surface area contributed by atoms with Crippen molar-refractivity contribution < 1.29 is 4.74 Å². The van der Waals surface area contributed by atoms with Gasteiger partial charge in [-0.2, -0.15) is 5.26 Å². The molecule has 0 amide bonds. The molecule has 1 fully saturated rings. The third-order valence-electron chi connectivity index (χ3n) is 4.19. The Balaban J connectivity index is 2.22. The van der Waals surface area contributed by atoms with Gasteiger partial charge < -0.3 is 15.4 Å². The highest BCUT2D eigenvalue weighted by Crippen LogP contribution is 2.45. The molecule has 1 aromatic rings. The van der Waals surface area contributed by atoms with Crippen LogP contribution in [0.4, 0.5) is 10.7 Å². The van der Waals surface area contributed by atoms with Crippen LogP contribution in [0.2, 0.25) is 0 Å². The predicted molar refractivity (Wildman–Crippen MR) is 84.4 cm³/mol. The summed E-state index contributed by atoms with van der Waals surface area (Å²) >= 11 is 1.45. The lowest BCUT2D eigenvalue weighted by Gasteiger charge is -2.22. The molecular weight excluding hydrogens is 270 g/mol. The van der Waals surface area contributed by atoms with E-state index in [4.69, 9.17) is 15.7 Å². The monoisotopic (exact) mass is 293 g/mol. The second kappa shape index (κ2) is 6.36. The number of methoxy groups -OCH3 is 1. The van der Waals surface area contributed by atoms with Crippen LogP contribution in [0.25, 0.3) is 0 Å². The zero-order valence-corrected chi connectivity index (χ0v) is 13.3. The normalized spacial score (nSPS) is 19.8. The van der Waals surface area contributed by atoms with Crippen molar-refractivity contribution in [2.45, 2.75) is 33.1 Å². The van der Waals surface area contributed by atoms with Crippen LogP contribution in [0.15, 0.2) is 0 Å². The Kier molecular flexibility index (Phi) is 4.77.